The number of pyridine rings is 1. The van der Waals surface area contributed by atoms with Crippen LogP contribution in [0, 0.1) is 18.2 Å². The van der Waals surface area contributed by atoms with E-state index in [9.17, 15) is 28.0 Å². The number of nitrogens with zero attached hydrogens (tertiary/aromatic N) is 4. The van der Waals surface area contributed by atoms with Gasteiger partial charge in [0.1, 0.15) is 30.0 Å². The molecule has 2 aromatic heterocycles. The van der Waals surface area contributed by atoms with Crippen molar-refractivity contribution in [2.75, 3.05) is 30.8 Å². The number of hydrogen-bond acceptors (Lipinski definition) is 8. The predicted octanol–water partition coefficient (Wildman–Crippen LogP) is 5.70. The first kappa shape index (κ1) is 32.2. The first-order valence-electron chi connectivity index (χ1n) is 13.8. The van der Waals surface area contributed by atoms with Crippen LogP contribution in [0.2, 0.25) is 0 Å². The van der Waals surface area contributed by atoms with Crippen molar-refractivity contribution in [2.24, 2.45) is 5.41 Å². The summed E-state index contributed by atoms with van der Waals surface area (Å²) in [7, 11) is -3.16. The van der Waals surface area contributed by atoms with Crippen LogP contribution >= 0.6 is 7.14 Å². The molecule has 3 aromatic rings. The van der Waals surface area contributed by atoms with Gasteiger partial charge in [0.2, 0.25) is 0 Å². The molecule has 232 valence electrons. The molecule has 4 rings (SSSR count). The van der Waals surface area contributed by atoms with Gasteiger partial charge in [-0.15, -0.1) is 0 Å². The van der Waals surface area contributed by atoms with E-state index < -0.39 is 54.0 Å². The molecule has 1 fully saturated rings. The minimum absolute atomic E-state index is 0.0901. The van der Waals surface area contributed by atoms with Gasteiger partial charge in [0.25, 0.3) is 0 Å². The number of aryl methyl sites for hydroxylation is 1. The Bertz CT molecular complexity index is 1610. The van der Waals surface area contributed by atoms with E-state index in [0.29, 0.717) is 22.2 Å². The van der Waals surface area contributed by atoms with Crippen LogP contribution in [0.15, 0.2) is 30.5 Å². The fourth-order valence-corrected chi connectivity index (χ4v) is 8.36. The van der Waals surface area contributed by atoms with E-state index in [2.05, 4.69) is 25.0 Å². The molecule has 1 aliphatic heterocycles. The van der Waals surface area contributed by atoms with Gasteiger partial charge in [0.05, 0.1) is 29.9 Å². The van der Waals surface area contributed by atoms with E-state index in [1.165, 1.54) is 30.2 Å². The Morgan fingerprint density at radius 1 is 1.26 bits per heavy atom. The zero-order valence-corrected chi connectivity index (χ0v) is 25.7. The normalized spacial score (nSPS) is 20.1. The summed E-state index contributed by atoms with van der Waals surface area (Å²) in [4.78, 5) is 38.4. The van der Waals surface area contributed by atoms with Crippen LogP contribution in [0.3, 0.4) is 0 Å². The van der Waals surface area contributed by atoms with Crippen LogP contribution in [-0.2, 0) is 20.0 Å². The van der Waals surface area contributed by atoms with E-state index in [1.807, 2.05) is 20.8 Å². The van der Waals surface area contributed by atoms with Crippen molar-refractivity contribution in [1.82, 2.24) is 19.9 Å². The van der Waals surface area contributed by atoms with Crippen LogP contribution in [0.5, 0.6) is 0 Å². The van der Waals surface area contributed by atoms with E-state index in [4.69, 9.17) is 0 Å². The number of carboxylic acid groups (broad SMARTS) is 1. The number of rotatable bonds is 7. The number of esters is 1. The molecule has 10 nitrogen and oxygen atoms in total. The Hall–Kier alpha value is -3.73. The second-order valence-corrected chi connectivity index (χ2v) is 14.8. The average molecular weight is 622 g/mol. The van der Waals surface area contributed by atoms with Gasteiger partial charge in [-0.25, -0.2) is 23.9 Å². The minimum atomic E-state index is -4.19. The van der Waals surface area contributed by atoms with Crippen molar-refractivity contribution in [1.29, 1.82) is 0 Å². The Labute approximate surface area is 247 Å². The topological polar surface area (TPSA) is 135 Å². The number of halogens is 3. The van der Waals surface area contributed by atoms with Gasteiger partial charge in [0.15, 0.2) is 0 Å². The highest BCUT2D eigenvalue weighted by molar-refractivity contribution is 7.71. The zero-order chi connectivity index (χ0) is 31.9. The Balaban J connectivity index is 1.72. The molecule has 2 unspecified atom stereocenters. The minimum Gasteiger partial charge on any atom is -0.465 e. The molecule has 0 bridgehead atoms. The summed E-state index contributed by atoms with van der Waals surface area (Å²) in [5.74, 6) is -6.71. The summed E-state index contributed by atoms with van der Waals surface area (Å²) in [6, 6.07) is 3.59. The Morgan fingerprint density at radius 3 is 2.58 bits per heavy atom. The standard InChI is InChI=1S/C29H35F3N5O5P/c1-7-42-26(38)29(31,32)20-10-8-9-18(24(20)30)16(2)34-25-19-13-23(33-14-21(19)35-17(3)36-25)43(41)12-11-37(27(39)40)22(15-43)28(4,5)6/h8-10,13-14,16,22H,7,11-12,15H2,1-6H3,(H,39,40)(H,34,35,36)/t16-,22?,43?/m1/s1. The number of ether oxygens (including phenoxy) is 1. The van der Waals surface area contributed by atoms with Gasteiger partial charge in [-0.05, 0) is 38.3 Å². The highest BCUT2D eigenvalue weighted by Crippen LogP contribution is 2.51. The third-order valence-electron chi connectivity index (χ3n) is 7.61. The van der Waals surface area contributed by atoms with E-state index in [0.717, 1.165) is 6.07 Å². The summed E-state index contributed by atoms with van der Waals surface area (Å²) >= 11 is 0. The first-order chi connectivity index (χ1) is 20.0. The fraction of sp³-hybridized carbons (Fsp3) is 0.483. The number of nitrogens with one attached hydrogen (secondary N) is 1. The number of carbonyl (C=O) groups excluding carboxylic acids is 1. The largest absolute Gasteiger partial charge is 0.465 e. The lowest BCUT2D eigenvalue weighted by molar-refractivity contribution is -0.173. The SMILES string of the molecule is CCOC(=O)C(F)(F)c1cccc([C@@H](C)Nc2nc(C)nc3cnc(P4(=O)CCN(C(=O)O)C(C(C)(C)C)C4)cc23)c1F. The number of aromatic nitrogens is 3. The molecule has 1 amide bonds. The number of hydrogen-bond donors (Lipinski definition) is 2. The quantitative estimate of drug-likeness (QED) is 0.252. The maximum Gasteiger partial charge on any atom is 0.407 e. The number of fused-ring (bicyclic) bond motifs is 1. The lowest BCUT2D eigenvalue weighted by Crippen LogP contribution is -2.54. The second kappa shape index (κ2) is 11.7. The van der Waals surface area contributed by atoms with Crippen molar-refractivity contribution in [3.8, 4) is 0 Å². The summed E-state index contributed by atoms with van der Waals surface area (Å²) in [5, 5.41) is 13.2. The molecule has 0 spiro atoms. The van der Waals surface area contributed by atoms with Gasteiger partial charge in [-0.2, -0.15) is 8.78 Å². The maximum absolute atomic E-state index is 15.4. The van der Waals surface area contributed by atoms with Crippen molar-refractivity contribution in [3.05, 3.63) is 53.2 Å². The molecule has 3 heterocycles. The molecule has 1 aliphatic rings. The molecular formula is C29H35F3N5O5P. The summed E-state index contributed by atoms with van der Waals surface area (Å²) in [6.45, 7) is 10.1. The molecule has 14 heteroatoms. The third-order valence-corrected chi connectivity index (χ3v) is 10.5. The molecular weight excluding hydrogens is 586 g/mol. The molecule has 1 saturated heterocycles. The zero-order valence-electron chi connectivity index (χ0n) is 24.8. The molecule has 0 radical (unpaired) electrons. The molecule has 0 saturated carbocycles. The predicted molar refractivity (Wildman–Crippen MR) is 156 cm³/mol. The molecule has 0 aliphatic carbocycles. The lowest BCUT2D eigenvalue weighted by Gasteiger charge is -2.44. The van der Waals surface area contributed by atoms with Crippen LogP contribution in [0.25, 0.3) is 10.9 Å². The van der Waals surface area contributed by atoms with E-state index in [-0.39, 0.29) is 36.9 Å². The number of benzene rings is 1. The van der Waals surface area contributed by atoms with Crippen LogP contribution < -0.4 is 10.8 Å². The first-order valence-corrected chi connectivity index (χ1v) is 15.9. The summed E-state index contributed by atoms with van der Waals surface area (Å²) < 4.78 is 63.6. The highest BCUT2D eigenvalue weighted by Gasteiger charge is 2.46. The van der Waals surface area contributed by atoms with Gasteiger partial charge in [0, 0.05) is 35.9 Å². The van der Waals surface area contributed by atoms with Crippen molar-refractivity contribution < 1.29 is 37.2 Å². The van der Waals surface area contributed by atoms with E-state index in [1.54, 1.807) is 19.9 Å². The maximum atomic E-state index is 15.4. The fourth-order valence-electron chi connectivity index (χ4n) is 5.28. The van der Waals surface area contributed by atoms with Crippen molar-refractivity contribution in [3.63, 3.8) is 0 Å². The van der Waals surface area contributed by atoms with E-state index >= 15 is 4.39 Å². The Kier molecular flexibility index (Phi) is 8.79. The molecule has 43 heavy (non-hydrogen) atoms. The lowest BCUT2D eigenvalue weighted by atomic mass is 9.87. The van der Waals surface area contributed by atoms with Crippen molar-refractivity contribution in [2.45, 2.75) is 59.5 Å². The number of anilines is 1. The third kappa shape index (κ3) is 6.32. The molecule has 3 atom stereocenters. The molecule has 1 aromatic carbocycles. The smallest absolute Gasteiger partial charge is 0.407 e. The summed E-state index contributed by atoms with van der Waals surface area (Å²) in [6.07, 6.45) is 0.618. The van der Waals surface area contributed by atoms with Crippen LogP contribution in [0.4, 0.5) is 23.8 Å². The number of alkyl halides is 2. The van der Waals surface area contributed by atoms with Gasteiger partial charge in [-0.1, -0.05) is 32.9 Å². The average Bonchev–Trinajstić information content (AvgIpc) is 2.92. The van der Waals surface area contributed by atoms with Crippen LogP contribution in [-0.4, -0.2) is 68.5 Å². The van der Waals surface area contributed by atoms with Crippen molar-refractivity contribution >= 4 is 41.4 Å². The molecule has 2 N–H and O–H groups in total. The highest BCUT2D eigenvalue weighted by atomic mass is 31.2. The Morgan fingerprint density at radius 2 is 1.95 bits per heavy atom. The second-order valence-electron chi connectivity index (χ2n) is 11.7. The summed E-state index contributed by atoms with van der Waals surface area (Å²) in [5.41, 5.74) is -1.01. The number of carbonyl (C=O) groups is 2. The number of amides is 1. The van der Waals surface area contributed by atoms with Gasteiger partial charge < -0.3 is 24.6 Å². The van der Waals surface area contributed by atoms with Crippen LogP contribution in [0.1, 0.15) is 57.6 Å². The monoisotopic (exact) mass is 621 g/mol. The van der Waals surface area contributed by atoms with Gasteiger partial charge >= 0.3 is 18.0 Å². The van der Waals surface area contributed by atoms with Gasteiger partial charge in [-0.3, -0.25) is 4.98 Å².